The fraction of sp³-hybridized carbons (Fsp3) is 0.235. The highest BCUT2D eigenvalue weighted by Gasteiger charge is 2.21. The zero-order chi connectivity index (χ0) is 17.0. The Labute approximate surface area is 137 Å². The maximum absolute atomic E-state index is 12.6. The van der Waals surface area contributed by atoms with Crippen molar-refractivity contribution in [2.75, 3.05) is 17.9 Å². The van der Waals surface area contributed by atoms with Crippen molar-refractivity contribution in [3.63, 3.8) is 0 Å². The maximum atomic E-state index is 12.6. The molecule has 0 spiro atoms. The first kappa shape index (κ1) is 17.0. The first-order valence-corrected chi connectivity index (χ1v) is 8.74. The highest BCUT2D eigenvalue weighted by atomic mass is 32.2. The van der Waals surface area contributed by atoms with Gasteiger partial charge >= 0.3 is 0 Å². The van der Waals surface area contributed by atoms with Crippen LogP contribution < -0.4 is 9.62 Å². The second kappa shape index (κ2) is 6.83. The van der Waals surface area contributed by atoms with Crippen LogP contribution in [0.25, 0.3) is 0 Å². The van der Waals surface area contributed by atoms with Gasteiger partial charge in [0.15, 0.2) is 0 Å². The van der Waals surface area contributed by atoms with Crippen molar-refractivity contribution in [2.45, 2.75) is 18.7 Å². The standard InChI is InChI=1S/C17H20N2O3S/c1-4-18-17(20)14-7-9-15(10-8-14)19(3)23(21,22)16-11-5-13(2)6-12-16/h5-12H,4H2,1-3H3,(H,18,20). The van der Waals surface area contributed by atoms with Crippen molar-refractivity contribution >= 4 is 21.6 Å². The van der Waals surface area contributed by atoms with Gasteiger partial charge in [-0.15, -0.1) is 0 Å². The number of sulfonamides is 1. The van der Waals surface area contributed by atoms with E-state index in [1.807, 2.05) is 13.8 Å². The van der Waals surface area contributed by atoms with Crippen molar-refractivity contribution in [3.05, 3.63) is 59.7 Å². The second-order valence-electron chi connectivity index (χ2n) is 5.19. The average molecular weight is 332 g/mol. The Morgan fingerprint density at radius 2 is 1.61 bits per heavy atom. The topological polar surface area (TPSA) is 66.5 Å². The molecule has 0 aromatic heterocycles. The van der Waals surface area contributed by atoms with Crippen LogP contribution in [0.3, 0.4) is 0 Å². The number of carbonyl (C=O) groups excluding carboxylic acids is 1. The van der Waals surface area contributed by atoms with Crippen molar-refractivity contribution in [3.8, 4) is 0 Å². The van der Waals surface area contributed by atoms with Gasteiger partial charge in [0.05, 0.1) is 10.6 Å². The fourth-order valence-corrected chi connectivity index (χ4v) is 3.29. The van der Waals surface area contributed by atoms with E-state index in [4.69, 9.17) is 0 Å². The van der Waals surface area contributed by atoms with Crippen LogP contribution in [0.1, 0.15) is 22.8 Å². The predicted molar refractivity (Wildman–Crippen MR) is 91.2 cm³/mol. The van der Waals surface area contributed by atoms with E-state index in [2.05, 4.69) is 5.32 Å². The highest BCUT2D eigenvalue weighted by Crippen LogP contribution is 2.22. The van der Waals surface area contributed by atoms with Crippen LogP contribution in [0.2, 0.25) is 0 Å². The van der Waals surface area contributed by atoms with E-state index in [0.29, 0.717) is 17.8 Å². The van der Waals surface area contributed by atoms with E-state index in [0.717, 1.165) is 5.56 Å². The van der Waals surface area contributed by atoms with E-state index >= 15 is 0 Å². The maximum Gasteiger partial charge on any atom is 0.264 e. The molecule has 0 radical (unpaired) electrons. The van der Waals surface area contributed by atoms with Gasteiger partial charge in [-0.1, -0.05) is 17.7 Å². The van der Waals surface area contributed by atoms with Gasteiger partial charge in [0.2, 0.25) is 0 Å². The normalized spacial score (nSPS) is 11.1. The number of nitrogens with one attached hydrogen (secondary N) is 1. The number of amides is 1. The molecule has 0 fully saturated rings. The van der Waals surface area contributed by atoms with Crippen molar-refractivity contribution < 1.29 is 13.2 Å². The minimum Gasteiger partial charge on any atom is -0.352 e. The molecule has 2 rings (SSSR count). The summed E-state index contributed by atoms with van der Waals surface area (Å²) in [4.78, 5) is 12.0. The number of benzene rings is 2. The summed E-state index contributed by atoms with van der Waals surface area (Å²) in [5, 5.41) is 2.70. The molecule has 0 aliphatic heterocycles. The van der Waals surface area contributed by atoms with Gasteiger partial charge in [0.25, 0.3) is 15.9 Å². The minimum absolute atomic E-state index is 0.178. The van der Waals surface area contributed by atoms with Crippen molar-refractivity contribution in [1.82, 2.24) is 5.32 Å². The molecular weight excluding hydrogens is 312 g/mol. The Balaban J connectivity index is 2.27. The Morgan fingerprint density at radius 3 is 2.13 bits per heavy atom. The molecule has 122 valence electrons. The number of nitrogens with zero attached hydrogens (tertiary/aromatic N) is 1. The zero-order valence-electron chi connectivity index (χ0n) is 13.4. The quantitative estimate of drug-likeness (QED) is 0.915. The smallest absolute Gasteiger partial charge is 0.264 e. The third-order valence-corrected chi connectivity index (χ3v) is 5.31. The van der Waals surface area contributed by atoms with Gasteiger partial charge in [-0.3, -0.25) is 9.10 Å². The summed E-state index contributed by atoms with van der Waals surface area (Å²) in [6.45, 7) is 4.29. The van der Waals surface area contributed by atoms with Crippen LogP contribution in [0.4, 0.5) is 5.69 Å². The van der Waals surface area contributed by atoms with Gasteiger partial charge < -0.3 is 5.32 Å². The molecule has 2 aromatic carbocycles. The second-order valence-corrected chi connectivity index (χ2v) is 7.16. The lowest BCUT2D eigenvalue weighted by Gasteiger charge is -2.20. The molecule has 23 heavy (non-hydrogen) atoms. The summed E-state index contributed by atoms with van der Waals surface area (Å²) < 4.78 is 26.4. The summed E-state index contributed by atoms with van der Waals surface area (Å²) in [5.74, 6) is -0.178. The van der Waals surface area contributed by atoms with E-state index in [1.165, 1.54) is 11.4 Å². The highest BCUT2D eigenvalue weighted by molar-refractivity contribution is 7.92. The Bertz CT molecular complexity index is 782. The molecule has 0 unspecified atom stereocenters. The molecule has 1 N–H and O–H groups in total. The van der Waals surface area contributed by atoms with Crippen LogP contribution in [0.15, 0.2) is 53.4 Å². The molecule has 0 aliphatic carbocycles. The molecule has 5 nitrogen and oxygen atoms in total. The van der Waals surface area contributed by atoms with Crippen molar-refractivity contribution in [2.24, 2.45) is 0 Å². The summed E-state index contributed by atoms with van der Waals surface area (Å²) in [6, 6.07) is 13.2. The SMILES string of the molecule is CCNC(=O)c1ccc(N(C)S(=O)(=O)c2ccc(C)cc2)cc1. The van der Waals surface area contributed by atoms with Gasteiger partial charge in [-0.05, 0) is 50.2 Å². The number of aryl methyl sites for hydroxylation is 1. The lowest BCUT2D eigenvalue weighted by molar-refractivity contribution is 0.0956. The number of hydrogen-bond acceptors (Lipinski definition) is 3. The molecule has 2 aromatic rings. The van der Waals surface area contributed by atoms with Crippen molar-refractivity contribution in [1.29, 1.82) is 0 Å². The monoisotopic (exact) mass is 332 g/mol. The Kier molecular flexibility index (Phi) is 5.05. The number of carbonyl (C=O) groups is 1. The molecule has 6 heteroatoms. The van der Waals surface area contributed by atoms with Crippen LogP contribution >= 0.6 is 0 Å². The molecule has 0 aliphatic rings. The Morgan fingerprint density at radius 1 is 1.04 bits per heavy atom. The molecule has 0 saturated carbocycles. The summed E-state index contributed by atoms with van der Waals surface area (Å²) >= 11 is 0. The number of anilines is 1. The van der Waals surface area contributed by atoms with Crippen LogP contribution in [-0.2, 0) is 10.0 Å². The minimum atomic E-state index is -3.62. The fourth-order valence-electron chi connectivity index (χ4n) is 2.09. The first-order valence-electron chi connectivity index (χ1n) is 7.30. The van der Waals surface area contributed by atoms with Gasteiger partial charge in [-0.25, -0.2) is 8.42 Å². The zero-order valence-corrected chi connectivity index (χ0v) is 14.2. The van der Waals surface area contributed by atoms with E-state index in [-0.39, 0.29) is 10.8 Å². The lowest BCUT2D eigenvalue weighted by atomic mass is 10.2. The Hall–Kier alpha value is -2.34. The van der Waals surface area contributed by atoms with E-state index in [1.54, 1.807) is 48.5 Å². The third-order valence-electron chi connectivity index (χ3n) is 3.51. The largest absolute Gasteiger partial charge is 0.352 e. The summed E-state index contributed by atoms with van der Waals surface area (Å²) in [6.07, 6.45) is 0. The first-order chi connectivity index (χ1) is 10.9. The third kappa shape index (κ3) is 3.71. The van der Waals surface area contributed by atoms with Crippen LogP contribution in [0, 0.1) is 6.92 Å². The summed E-state index contributed by atoms with van der Waals surface area (Å²) in [7, 11) is -2.12. The average Bonchev–Trinajstić information content (AvgIpc) is 2.55. The molecule has 0 heterocycles. The summed E-state index contributed by atoms with van der Waals surface area (Å²) in [5.41, 5.74) is 1.99. The van der Waals surface area contributed by atoms with E-state index < -0.39 is 10.0 Å². The van der Waals surface area contributed by atoms with Crippen LogP contribution in [-0.4, -0.2) is 27.9 Å². The molecule has 0 bridgehead atoms. The van der Waals surface area contributed by atoms with Gasteiger partial charge in [0, 0.05) is 19.2 Å². The van der Waals surface area contributed by atoms with Gasteiger partial charge in [-0.2, -0.15) is 0 Å². The number of rotatable bonds is 5. The predicted octanol–water partition coefficient (Wildman–Crippen LogP) is 2.57. The molecular formula is C17H20N2O3S. The lowest BCUT2D eigenvalue weighted by Crippen LogP contribution is -2.27. The van der Waals surface area contributed by atoms with Gasteiger partial charge in [0.1, 0.15) is 0 Å². The molecule has 0 saturated heterocycles. The van der Waals surface area contributed by atoms with Crippen LogP contribution in [0.5, 0.6) is 0 Å². The number of hydrogen-bond donors (Lipinski definition) is 1. The molecule has 1 amide bonds. The molecule has 0 atom stereocenters. The van der Waals surface area contributed by atoms with E-state index in [9.17, 15) is 13.2 Å².